The van der Waals surface area contributed by atoms with Crippen LogP contribution in [-0.2, 0) is 20.8 Å². The topological polar surface area (TPSA) is 127 Å². The molecule has 2 atom stereocenters. The van der Waals surface area contributed by atoms with E-state index in [1.807, 2.05) is 6.20 Å². The predicted molar refractivity (Wildman–Crippen MR) is 104 cm³/mol. The van der Waals surface area contributed by atoms with Crippen molar-refractivity contribution in [2.24, 2.45) is 5.92 Å². The van der Waals surface area contributed by atoms with Crippen LogP contribution in [0.5, 0.6) is 0 Å². The highest BCUT2D eigenvalue weighted by Gasteiger charge is 2.37. The van der Waals surface area contributed by atoms with Crippen molar-refractivity contribution < 1.29 is 19.5 Å². The molecule has 2 heterocycles. The summed E-state index contributed by atoms with van der Waals surface area (Å²) in [6, 6.07) is 0.668. The molecule has 4 N–H and O–H groups in total. The fourth-order valence-corrected chi connectivity index (χ4v) is 3.66. The van der Waals surface area contributed by atoms with Crippen molar-refractivity contribution in [3.63, 3.8) is 0 Å². The third-order valence-electron chi connectivity index (χ3n) is 5.24. The molecule has 28 heavy (non-hydrogen) atoms. The maximum atomic E-state index is 12.3. The lowest BCUT2D eigenvalue weighted by atomic mass is 10.1. The van der Waals surface area contributed by atoms with Crippen LogP contribution in [0.25, 0.3) is 0 Å². The van der Waals surface area contributed by atoms with Crippen molar-refractivity contribution in [1.29, 1.82) is 0 Å². The molecule has 1 aromatic rings. The van der Waals surface area contributed by atoms with E-state index < -0.39 is 0 Å². The molecule has 2 fully saturated rings. The number of H-pyrrole nitrogens is 1. The smallest absolute Gasteiger partial charge is 0.290 e. The fraction of sp³-hybridized carbons (Fsp3) is 0.684. The van der Waals surface area contributed by atoms with Crippen molar-refractivity contribution in [1.82, 2.24) is 25.7 Å². The van der Waals surface area contributed by atoms with Gasteiger partial charge in [-0.15, -0.1) is 0 Å². The number of nitrogens with one attached hydrogen (secondary N) is 3. The molecule has 1 saturated carbocycles. The van der Waals surface area contributed by atoms with Gasteiger partial charge in [-0.25, -0.2) is 0 Å². The van der Waals surface area contributed by atoms with Gasteiger partial charge in [-0.3, -0.25) is 24.4 Å². The van der Waals surface area contributed by atoms with Gasteiger partial charge in [0.15, 0.2) is 0 Å². The van der Waals surface area contributed by atoms with Gasteiger partial charge in [-0.05, 0) is 43.6 Å². The second-order valence-corrected chi connectivity index (χ2v) is 7.48. The fourth-order valence-electron chi connectivity index (χ4n) is 3.66. The van der Waals surface area contributed by atoms with Crippen molar-refractivity contribution in [2.75, 3.05) is 19.6 Å². The van der Waals surface area contributed by atoms with Crippen LogP contribution in [0.3, 0.4) is 0 Å². The number of amides is 2. The molecule has 1 aliphatic carbocycles. The molecule has 0 aromatic carbocycles. The summed E-state index contributed by atoms with van der Waals surface area (Å²) >= 11 is 0. The Balaban J connectivity index is 0.000000878. The zero-order valence-electron chi connectivity index (χ0n) is 16.4. The molecule has 0 bridgehead atoms. The van der Waals surface area contributed by atoms with Crippen LogP contribution in [0, 0.1) is 5.92 Å². The Bertz CT molecular complexity index is 618. The van der Waals surface area contributed by atoms with Crippen LogP contribution < -0.4 is 10.6 Å². The van der Waals surface area contributed by atoms with Crippen LogP contribution in [0.1, 0.15) is 44.6 Å². The lowest BCUT2D eigenvalue weighted by Gasteiger charge is -2.30. The predicted octanol–water partition coefficient (Wildman–Crippen LogP) is 0.538. The molecular weight excluding hydrogens is 362 g/mol. The average molecular weight is 393 g/mol. The molecule has 0 spiro atoms. The van der Waals surface area contributed by atoms with Gasteiger partial charge >= 0.3 is 0 Å². The minimum Gasteiger partial charge on any atom is -0.483 e. The largest absolute Gasteiger partial charge is 0.483 e. The summed E-state index contributed by atoms with van der Waals surface area (Å²) in [5.74, 6) is 0.922. The van der Waals surface area contributed by atoms with Gasteiger partial charge in [-0.2, -0.15) is 5.10 Å². The van der Waals surface area contributed by atoms with E-state index in [-0.39, 0.29) is 18.3 Å². The summed E-state index contributed by atoms with van der Waals surface area (Å²) in [5.41, 5.74) is 1.10. The first-order chi connectivity index (χ1) is 13.5. The number of hydrogen-bond acceptors (Lipinski definition) is 5. The second-order valence-electron chi connectivity index (χ2n) is 7.48. The molecule has 1 aromatic heterocycles. The highest BCUT2D eigenvalue weighted by molar-refractivity contribution is 5.76. The molecule has 2 amide bonds. The third-order valence-corrected chi connectivity index (χ3v) is 5.24. The molecule has 156 valence electrons. The number of rotatable bonds is 9. The molecule has 0 radical (unpaired) electrons. The number of hydrogen-bond donors (Lipinski definition) is 4. The summed E-state index contributed by atoms with van der Waals surface area (Å²) in [7, 11) is 0. The molecule has 9 heteroatoms. The SMILES string of the molecule is CC(=O)NC[C@H]1CC[C@@H](CC(=O)NCCc2cn[nH]c2)N1CC1CC1.O=CO. The van der Waals surface area contributed by atoms with Gasteiger partial charge in [0.25, 0.3) is 6.47 Å². The second kappa shape index (κ2) is 11.4. The van der Waals surface area contributed by atoms with E-state index in [4.69, 9.17) is 9.90 Å². The first-order valence-electron chi connectivity index (χ1n) is 9.85. The molecule has 9 nitrogen and oxygen atoms in total. The number of carboxylic acid groups (broad SMARTS) is 1. The van der Waals surface area contributed by atoms with Gasteiger partial charge in [0.1, 0.15) is 0 Å². The van der Waals surface area contributed by atoms with Crippen molar-refractivity contribution in [3.8, 4) is 0 Å². The Morgan fingerprint density at radius 1 is 1.29 bits per heavy atom. The summed E-state index contributed by atoms with van der Waals surface area (Å²) < 4.78 is 0. The summed E-state index contributed by atoms with van der Waals surface area (Å²) in [6.07, 6.45) is 9.67. The van der Waals surface area contributed by atoms with E-state index in [2.05, 4.69) is 25.7 Å². The maximum Gasteiger partial charge on any atom is 0.290 e. The number of nitrogens with zero attached hydrogens (tertiary/aromatic N) is 2. The molecule has 2 aliphatic rings. The van der Waals surface area contributed by atoms with E-state index in [1.54, 1.807) is 13.1 Å². The Morgan fingerprint density at radius 3 is 2.61 bits per heavy atom. The van der Waals surface area contributed by atoms with Crippen LogP contribution in [0.2, 0.25) is 0 Å². The Labute approximate surface area is 165 Å². The molecule has 1 aliphatic heterocycles. The molecule has 0 unspecified atom stereocenters. The van der Waals surface area contributed by atoms with Crippen LogP contribution in [-0.4, -0.2) is 70.2 Å². The number of carbonyl (C=O) groups excluding carboxylic acids is 2. The Kier molecular flexibility index (Phi) is 8.93. The Hall–Kier alpha value is -2.42. The zero-order chi connectivity index (χ0) is 20.4. The first-order valence-corrected chi connectivity index (χ1v) is 9.85. The lowest BCUT2D eigenvalue weighted by molar-refractivity contribution is -0.123. The zero-order valence-corrected chi connectivity index (χ0v) is 16.4. The van der Waals surface area contributed by atoms with Crippen molar-refractivity contribution in [2.45, 2.75) is 57.5 Å². The minimum absolute atomic E-state index is 0.0202. The number of likely N-dealkylation sites (tertiary alicyclic amines) is 1. The lowest BCUT2D eigenvalue weighted by Crippen LogP contribution is -2.45. The van der Waals surface area contributed by atoms with E-state index in [0.717, 1.165) is 37.3 Å². The van der Waals surface area contributed by atoms with E-state index in [0.29, 0.717) is 31.6 Å². The van der Waals surface area contributed by atoms with E-state index in [9.17, 15) is 9.59 Å². The average Bonchev–Trinajstić information content (AvgIpc) is 3.17. The third kappa shape index (κ3) is 7.67. The number of aromatic nitrogens is 2. The first kappa shape index (κ1) is 21.9. The van der Waals surface area contributed by atoms with Gasteiger partial charge in [-0.1, -0.05) is 0 Å². The van der Waals surface area contributed by atoms with Gasteiger partial charge in [0, 0.05) is 51.3 Å². The maximum absolute atomic E-state index is 12.3. The quantitative estimate of drug-likeness (QED) is 0.454. The van der Waals surface area contributed by atoms with Crippen LogP contribution in [0.15, 0.2) is 12.4 Å². The van der Waals surface area contributed by atoms with E-state index >= 15 is 0 Å². The standard InChI is InChI=1S/C18H29N5O2.CH2O2/c1-13(24)20-11-17-5-4-16(23(17)12-14-2-3-14)8-18(25)19-7-6-15-9-21-22-10-15;2-1-3/h9-10,14,16-17H,2-8,11-12H2,1H3,(H,19,25)(H,20,24)(H,21,22);1H,(H,2,3)/t16-,17+;/m0./s1. The highest BCUT2D eigenvalue weighted by Crippen LogP contribution is 2.35. The summed E-state index contributed by atoms with van der Waals surface area (Å²) in [4.78, 5) is 34.4. The van der Waals surface area contributed by atoms with Gasteiger partial charge in [0.2, 0.25) is 11.8 Å². The van der Waals surface area contributed by atoms with Gasteiger partial charge < -0.3 is 15.7 Å². The van der Waals surface area contributed by atoms with Gasteiger partial charge in [0.05, 0.1) is 6.20 Å². The van der Waals surface area contributed by atoms with Crippen molar-refractivity contribution >= 4 is 18.3 Å². The molecule has 1 saturated heterocycles. The minimum atomic E-state index is -0.250. The summed E-state index contributed by atoms with van der Waals surface area (Å²) in [5, 5.41) is 19.6. The van der Waals surface area contributed by atoms with E-state index in [1.165, 1.54) is 12.8 Å². The number of carbonyl (C=O) groups is 3. The van der Waals surface area contributed by atoms with Crippen LogP contribution >= 0.6 is 0 Å². The molecule has 3 rings (SSSR count). The van der Waals surface area contributed by atoms with Crippen LogP contribution in [0.4, 0.5) is 0 Å². The number of aromatic amines is 1. The molecular formula is C19H31N5O4. The summed E-state index contributed by atoms with van der Waals surface area (Å²) in [6.45, 7) is 3.71. The van der Waals surface area contributed by atoms with Crippen molar-refractivity contribution in [3.05, 3.63) is 18.0 Å². The Morgan fingerprint density at radius 2 is 2.00 bits per heavy atom. The highest BCUT2D eigenvalue weighted by atomic mass is 16.3. The monoisotopic (exact) mass is 393 g/mol. The normalized spacial score (nSPS) is 21.5.